The fourth-order valence-corrected chi connectivity index (χ4v) is 3.59. The number of benzene rings is 2. The van der Waals surface area contributed by atoms with Gasteiger partial charge in [0.2, 0.25) is 6.41 Å². The summed E-state index contributed by atoms with van der Waals surface area (Å²) in [6.07, 6.45) is 2.89. The second-order valence-electron chi connectivity index (χ2n) is 7.53. The Morgan fingerprint density at radius 2 is 2.10 bits per heavy atom. The van der Waals surface area contributed by atoms with Gasteiger partial charge in [0.25, 0.3) is 0 Å². The molecule has 1 aromatic heterocycles. The third-order valence-electron chi connectivity index (χ3n) is 5.23. The zero-order chi connectivity index (χ0) is 21.6. The number of hydrogen-bond acceptors (Lipinski definition) is 5. The van der Waals surface area contributed by atoms with E-state index < -0.39 is 6.09 Å². The SMILES string of the molecule is CCCCN(C=O)c1cc2cc(c1)-c1n[nH]c3ccc(cc13)OCCCNC(=O)OC2. The maximum atomic E-state index is 12.0. The van der Waals surface area contributed by atoms with Crippen molar-refractivity contribution < 1.29 is 19.1 Å². The van der Waals surface area contributed by atoms with Crippen LogP contribution >= 0.6 is 0 Å². The second-order valence-corrected chi connectivity index (χ2v) is 7.53. The summed E-state index contributed by atoms with van der Waals surface area (Å²) in [5.41, 5.74) is 4.00. The zero-order valence-electron chi connectivity index (χ0n) is 17.5. The van der Waals surface area contributed by atoms with E-state index in [0.717, 1.165) is 58.4 Å². The van der Waals surface area contributed by atoms with Gasteiger partial charge < -0.3 is 19.7 Å². The fraction of sp³-hybridized carbons (Fsp3) is 0.348. The molecule has 8 heteroatoms. The molecule has 8 nitrogen and oxygen atoms in total. The molecule has 0 saturated carbocycles. The molecule has 31 heavy (non-hydrogen) atoms. The molecule has 0 fully saturated rings. The van der Waals surface area contributed by atoms with Gasteiger partial charge >= 0.3 is 6.09 Å². The number of alkyl carbamates (subject to hydrolysis) is 1. The van der Waals surface area contributed by atoms with Crippen molar-refractivity contribution in [3.63, 3.8) is 0 Å². The quantitative estimate of drug-likeness (QED) is 0.606. The van der Waals surface area contributed by atoms with Crippen molar-refractivity contribution in [2.75, 3.05) is 24.6 Å². The topological polar surface area (TPSA) is 96.5 Å². The predicted molar refractivity (Wildman–Crippen MR) is 118 cm³/mol. The maximum Gasteiger partial charge on any atom is 0.407 e. The number of amides is 2. The number of hydrogen-bond donors (Lipinski definition) is 2. The molecule has 162 valence electrons. The maximum absolute atomic E-state index is 12.0. The van der Waals surface area contributed by atoms with Crippen LogP contribution in [0.4, 0.5) is 10.5 Å². The molecule has 0 spiro atoms. The molecule has 4 rings (SSSR count). The van der Waals surface area contributed by atoms with E-state index >= 15 is 0 Å². The van der Waals surface area contributed by atoms with Gasteiger partial charge in [-0.2, -0.15) is 5.10 Å². The lowest BCUT2D eigenvalue weighted by molar-refractivity contribution is -0.107. The van der Waals surface area contributed by atoms with Crippen molar-refractivity contribution in [3.05, 3.63) is 42.0 Å². The number of rotatable bonds is 5. The van der Waals surface area contributed by atoms with Gasteiger partial charge in [-0.25, -0.2) is 4.79 Å². The van der Waals surface area contributed by atoms with Crippen LogP contribution in [0.3, 0.4) is 0 Å². The smallest absolute Gasteiger partial charge is 0.407 e. The van der Waals surface area contributed by atoms with Gasteiger partial charge in [0.1, 0.15) is 18.1 Å². The highest BCUT2D eigenvalue weighted by Gasteiger charge is 2.15. The Balaban J connectivity index is 1.81. The van der Waals surface area contributed by atoms with Gasteiger partial charge in [-0.3, -0.25) is 9.89 Å². The minimum Gasteiger partial charge on any atom is -0.494 e. The minimum absolute atomic E-state index is 0.0945. The number of anilines is 1. The van der Waals surface area contributed by atoms with E-state index in [1.54, 1.807) is 4.90 Å². The van der Waals surface area contributed by atoms with Crippen molar-refractivity contribution >= 4 is 29.1 Å². The molecule has 1 aliphatic rings. The van der Waals surface area contributed by atoms with E-state index in [9.17, 15) is 9.59 Å². The van der Waals surface area contributed by atoms with E-state index in [2.05, 4.69) is 22.4 Å². The molecule has 2 N–H and O–H groups in total. The monoisotopic (exact) mass is 422 g/mol. The highest BCUT2D eigenvalue weighted by Crippen LogP contribution is 2.33. The van der Waals surface area contributed by atoms with Gasteiger partial charge in [0, 0.05) is 29.7 Å². The number of nitrogens with zero attached hydrogens (tertiary/aromatic N) is 2. The molecule has 2 amide bonds. The number of aromatic amines is 1. The molecule has 0 atom stereocenters. The van der Waals surface area contributed by atoms with Crippen LogP contribution in [0.5, 0.6) is 5.75 Å². The summed E-state index contributed by atoms with van der Waals surface area (Å²) in [4.78, 5) is 25.5. The summed E-state index contributed by atoms with van der Waals surface area (Å²) in [5.74, 6) is 0.737. The summed E-state index contributed by atoms with van der Waals surface area (Å²) in [5, 5.41) is 11.2. The van der Waals surface area contributed by atoms with Crippen LogP contribution in [0.2, 0.25) is 0 Å². The summed E-state index contributed by atoms with van der Waals surface area (Å²) >= 11 is 0. The van der Waals surface area contributed by atoms with Gasteiger partial charge in [-0.15, -0.1) is 0 Å². The Kier molecular flexibility index (Phi) is 6.35. The molecule has 0 saturated heterocycles. The highest BCUT2D eigenvalue weighted by atomic mass is 16.5. The average molecular weight is 422 g/mol. The Hall–Kier alpha value is -3.55. The summed E-state index contributed by atoms with van der Waals surface area (Å²) in [7, 11) is 0. The van der Waals surface area contributed by atoms with Crippen LogP contribution in [0.1, 0.15) is 31.7 Å². The molecule has 2 heterocycles. The number of fused-ring (bicyclic) bond motifs is 4. The Morgan fingerprint density at radius 1 is 1.19 bits per heavy atom. The first kappa shape index (κ1) is 20.7. The third-order valence-corrected chi connectivity index (χ3v) is 5.23. The zero-order valence-corrected chi connectivity index (χ0v) is 17.5. The fourth-order valence-electron chi connectivity index (χ4n) is 3.59. The van der Waals surface area contributed by atoms with Crippen LogP contribution in [-0.2, 0) is 16.1 Å². The standard InChI is InChI=1S/C23H26N4O4/c1-2-3-8-27(15-28)18-11-16-10-17(12-18)22-20-13-19(5-6-21(20)25-26-22)30-9-4-7-24-23(29)31-14-16/h5-6,10-13,15H,2-4,7-9,14H2,1H3,(H,24,29)(H,25,26). The van der Waals surface area contributed by atoms with Crippen LogP contribution in [0.15, 0.2) is 36.4 Å². The highest BCUT2D eigenvalue weighted by molar-refractivity contribution is 5.95. The van der Waals surface area contributed by atoms with Gasteiger partial charge in [0.15, 0.2) is 0 Å². The van der Waals surface area contributed by atoms with Crippen molar-refractivity contribution in [1.29, 1.82) is 0 Å². The predicted octanol–water partition coefficient (Wildman–Crippen LogP) is 4.00. The van der Waals surface area contributed by atoms with Gasteiger partial charge in [0.05, 0.1) is 12.1 Å². The van der Waals surface area contributed by atoms with Crippen molar-refractivity contribution in [2.45, 2.75) is 32.8 Å². The van der Waals surface area contributed by atoms with Crippen LogP contribution in [-0.4, -0.2) is 42.4 Å². The molecule has 4 bridgehead atoms. The number of aromatic nitrogens is 2. The lowest BCUT2D eigenvalue weighted by atomic mass is 10.0. The van der Waals surface area contributed by atoms with Gasteiger partial charge in [-0.05, 0) is 54.8 Å². The third kappa shape index (κ3) is 4.79. The number of nitrogens with one attached hydrogen (secondary N) is 2. The van der Waals surface area contributed by atoms with E-state index in [4.69, 9.17) is 9.47 Å². The summed E-state index contributed by atoms with van der Waals surface area (Å²) < 4.78 is 11.2. The largest absolute Gasteiger partial charge is 0.494 e. The molecule has 0 aliphatic carbocycles. The first-order chi connectivity index (χ1) is 15.2. The van der Waals surface area contributed by atoms with Crippen molar-refractivity contribution in [1.82, 2.24) is 15.5 Å². The number of H-pyrrole nitrogens is 1. The Morgan fingerprint density at radius 3 is 2.94 bits per heavy atom. The number of carbonyl (C=O) groups is 2. The first-order valence-electron chi connectivity index (χ1n) is 10.6. The molecule has 3 aromatic rings. The molecule has 0 radical (unpaired) electrons. The minimum atomic E-state index is -0.484. The van der Waals surface area contributed by atoms with E-state index in [0.29, 0.717) is 26.1 Å². The first-order valence-corrected chi connectivity index (χ1v) is 10.6. The number of ether oxygens (including phenoxy) is 2. The number of carbonyl (C=O) groups excluding carboxylic acids is 2. The molecular weight excluding hydrogens is 396 g/mol. The number of unbranched alkanes of at least 4 members (excludes halogenated alkanes) is 1. The van der Waals surface area contributed by atoms with E-state index in [1.165, 1.54) is 0 Å². The van der Waals surface area contributed by atoms with Crippen molar-refractivity contribution in [3.8, 4) is 17.0 Å². The van der Waals surface area contributed by atoms with Crippen LogP contribution in [0, 0.1) is 0 Å². The molecular formula is C23H26N4O4. The lowest BCUT2D eigenvalue weighted by Gasteiger charge is -2.19. The van der Waals surface area contributed by atoms with Crippen LogP contribution in [0.25, 0.3) is 22.2 Å². The Labute approximate surface area is 180 Å². The summed E-state index contributed by atoms with van der Waals surface area (Å²) in [6.45, 7) is 3.72. The summed E-state index contributed by atoms with van der Waals surface area (Å²) in [6, 6.07) is 11.5. The normalized spacial score (nSPS) is 14.2. The van der Waals surface area contributed by atoms with E-state index in [-0.39, 0.29) is 6.61 Å². The van der Waals surface area contributed by atoms with Crippen LogP contribution < -0.4 is 15.0 Å². The Bertz CT molecular complexity index is 1080. The van der Waals surface area contributed by atoms with Gasteiger partial charge in [-0.1, -0.05) is 13.3 Å². The van der Waals surface area contributed by atoms with E-state index in [1.807, 2.05) is 36.4 Å². The molecule has 2 aromatic carbocycles. The number of cyclic esters (lactones) is 1. The second kappa shape index (κ2) is 9.51. The van der Waals surface area contributed by atoms with Crippen molar-refractivity contribution in [2.24, 2.45) is 0 Å². The average Bonchev–Trinajstić information content (AvgIpc) is 3.20. The lowest BCUT2D eigenvalue weighted by Crippen LogP contribution is -2.26. The molecule has 1 aliphatic heterocycles. The molecule has 0 unspecified atom stereocenters.